The molecule has 4 heteroatoms. The normalized spacial score (nSPS) is 12.0. The summed E-state index contributed by atoms with van der Waals surface area (Å²) in [5, 5.41) is 1.37. The number of benzene rings is 2. The molecule has 0 aromatic heterocycles. The van der Waals surface area contributed by atoms with Gasteiger partial charge in [-0.3, -0.25) is 0 Å². The Balaban J connectivity index is 2.73. The zero-order valence-corrected chi connectivity index (χ0v) is 9.06. The van der Waals surface area contributed by atoms with Crippen molar-refractivity contribution in [2.45, 2.75) is 6.18 Å². The quantitative estimate of drug-likeness (QED) is 0.658. The molecule has 0 amide bonds. The van der Waals surface area contributed by atoms with Crippen molar-refractivity contribution in [2.75, 3.05) is 0 Å². The number of alkyl halides is 3. The molecule has 0 atom stereocenters. The molecule has 0 spiro atoms. The Labute approximate surface area is 92.8 Å². The van der Waals surface area contributed by atoms with Crippen molar-refractivity contribution in [3.05, 3.63) is 46.4 Å². The van der Waals surface area contributed by atoms with Crippen molar-refractivity contribution < 1.29 is 13.2 Å². The van der Waals surface area contributed by atoms with E-state index in [1.54, 1.807) is 24.3 Å². The molecule has 0 aliphatic carbocycles. The molecule has 0 fully saturated rings. The van der Waals surface area contributed by atoms with Crippen LogP contribution in [0.4, 0.5) is 13.2 Å². The lowest BCUT2D eigenvalue weighted by molar-refractivity contribution is -0.137. The van der Waals surface area contributed by atoms with Crippen LogP contribution in [0.5, 0.6) is 0 Å². The molecule has 0 heterocycles. The molecule has 2 rings (SSSR count). The Hall–Kier alpha value is -1.03. The van der Waals surface area contributed by atoms with Crippen LogP contribution in [0.3, 0.4) is 0 Å². The van der Waals surface area contributed by atoms with E-state index in [9.17, 15) is 13.2 Å². The summed E-state index contributed by atoms with van der Waals surface area (Å²) in [6, 6.07) is 9.20. The average Bonchev–Trinajstić information content (AvgIpc) is 2.16. The molecule has 0 saturated heterocycles. The highest BCUT2D eigenvalue weighted by atomic mass is 79.9. The van der Waals surface area contributed by atoms with E-state index in [-0.39, 0.29) is 0 Å². The van der Waals surface area contributed by atoms with Crippen LogP contribution < -0.4 is 0 Å². The molecule has 2 aromatic rings. The van der Waals surface area contributed by atoms with E-state index in [1.807, 2.05) is 0 Å². The molecule has 2 aromatic carbocycles. The van der Waals surface area contributed by atoms with Crippen LogP contribution in [0, 0.1) is 0 Å². The molecule has 0 radical (unpaired) electrons. The highest BCUT2D eigenvalue weighted by molar-refractivity contribution is 9.10. The van der Waals surface area contributed by atoms with Crippen LogP contribution in [0.25, 0.3) is 10.8 Å². The zero-order valence-electron chi connectivity index (χ0n) is 7.48. The van der Waals surface area contributed by atoms with Crippen molar-refractivity contribution in [3.63, 3.8) is 0 Å². The minimum Gasteiger partial charge on any atom is -0.166 e. The summed E-state index contributed by atoms with van der Waals surface area (Å²) in [7, 11) is 0. The van der Waals surface area contributed by atoms with Gasteiger partial charge >= 0.3 is 6.18 Å². The molecule has 0 N–H and O–H groups in total. The second-order valence-electron chi connectivity index (χ2n) is 3.18. The fourth-order valence-electron chi connectivity index (χ4n) is 1.43. The van der Waals surface area contributed by atoms with Crippen LogP contribution >= 0.6 is 15.9 Å². The molecule has 0 nitrogen and oxygen atoms in total. The number of fused-ring (bicyclic) bond motifs is 1. The summed E-state index contributed by atoms with van der Waals surface area (Å²) in [5.41, 5.74) is -0.631. The Bertz CT molecular complexity index is 503. The third kappa shape index (κ3) is 2.00. The second-order valence-corrected chi connectivity index (χ2v) is 4.03. The van der Waals surface area contributed by atoms with Crippen molar-refractivity contribution in [1.29, 1.82) is 0 Å². The van der Waals surface area contributed by atoms with Crippen molar-refractivity contribution in [3.8, 4) is 0 Å². The monoisotopic (exact) mass is 274 g/mol. The Morgan fingerprint density at radius 2 is 1.67 bits per heavy atom. The Morgan fingerprint density at radius 1 is 1.00 bits per heavy atom. The highest BCUT2D eigenvalue weighted by Crippen LogP contribution is 2.35. The first-order chi connectivity index (χ1) is 6.98. The maximum atomic E-state index is 12.5. The summed E-state index contributed by atoms with van der Waals surface area (Å²) in [4.78, 5) is 0. The van der Waals surface area contributed by atoms with Gasteiger partial charge in [-0.1, -0.05) is 40.2 Å². The average molecular weight is 275 g/mol. The number of halogens is 4. The molecular formula is C11H6BrF3. The van der Waals surface area contributed by atoms with Gasteiger partial charge in [0.15, 0.2) is 0 Å². The van der Waals surface area contributed by atoms with E-state index in [2.05, 4.69) is 15.9 Å². The second kappa shape index (κ2) is 3.52. The van der Waals surface area contributed by atoms with Gasteiger partial charge in [0.05, 0.1) is 5.56 Å². The molecule has 0 saturated carbocycles. The summed E-state index contributed by atoms with van der Waals surface area (Å²) < 4.78 is 37.9. The first-order valence-corrected chi connectivity index (χ1v) is 5.03. The minimum absolute atomic E-state index is 0.466. The van der Waals surface area contributed by atoms with Crippen LogP contribution in [-0.4, -0.2) is 0 Å². The first-order valence-electron chi connectivity index (χ1n) is 4.24. The van der Waals surface area contributed by atoms with Gasteiger partial charge in [-0.25, -0.2) is 0 Å². The third-order valence-electron chi connectivity index (χ3n) is 2.14. The number of rotatable bonds is 0. The summed E-state index contributed by atoms with van der Waals surface area (Å²) in [6.45, 7) is 0. The van der Waals surface area contributed by atoms with E-state index in [1.165, 1.54) is 0 Å². The molecule has 0 bridgehead atoms. The summed E-state index contributed by atoms with van der Waals surface area (Å²) in [6.07, 6.45) is -4.30. The maximum Gasteiger partial charge on any atom is 0.416 e. The van der Waals surface area contributed by atoms with Gasteiger partial charge in [-0.15, -0.1) is 0 Å². The lowest BCUT2D eigenvalue weighted by Gasteiger charge is -2.09. The Kier molecular flexibility index (Phi) is 2.46. The van der Waals surface area contributed by atoms with Gasteiger partial charge in [0, 0.05) is 4.47 Å². The van der Waals surface area contributed by atoms with Gasteiger partial charge in [-0.05, 0) is 22.9 Å². The van der Waals surface area contributed by atoms with Gasteiger partial charge in [0.2, 0.25) is 0 Å². The van der Waals surface area contributed by atoms with E-state index in [0.717, 1.165) is 17.5 Å². The maximum absolute atomic E-state index is 12.5. The zero-order chi connectivity index (χ0) is 11.1. The fourth-order valence-corrected chi connectivity index (χ4v) is 2.04. The third-order valence-corrected chi connectivity index (χ3v) is 2.79. The van der Waals surface area contributed by atoms with E-state index < -0.39 is 11.7 Å². The predicted octanol–water partition coefficient (Wildman–Crippen LogP) is 4.62. The predicted molar refractivity (Wildman–Crippen MR) is 56.7 cm³/mol. The molecule has 78 valence electrons. The van der Waals surface area contributed by atoms with Gasteiger partial charge in [0.25, 0.3) is 0 Å². The molecular weight excluding hydrogens is 269 g/mol. The number of hydrogen-bond acceptors (Lipinski definition) is 0. The molecule has 0 aliphatic heterocycles. The molecule has 0 aliphatic rings. The van der Waals surface area contributed by atoms with Crippen LogP contribution in [0.1, 0.15) is 5.56 Å². The molecule has 15 heavy (non-hydrogen) atoms. The number of hydrogen-bond donors (Lipinski definition) is 0. The lowest BCUT2D eigenvalue weighted by atomic mass is 10.1. The fraction of sp³-hybridized carbons (Fsp3) is 0.0909. The van der Waals surface area contributed by atoms with Crippen LogP contribution in [0.15, 0.2) is 40.9 Å². The SMILES string of the molecule is FC(F)(F)c1cc(Br)c2ccccc2c1. The van der Waals surface area contributed by atoms with Gasteiger partial charge in [-0.2, -0.15) is 13.2 Å². The summed E-state index contributed by atoms with van der Waals surface area (Å²) in [5.74, 6) is 0. The Morgan fingerprint density at radius 3 is 2.33 bits per heavy atom. The van der Waals surface area contributed by atoms with Gasteiger partial charge in [0.1, 0.15) is 0 Å². The highest BCUT2D eigenvalue weighted by Gasteiger charge is 2.31. The standard InChI is InChI=1S/C11H6BrF3/c12-10-6-8(11(13,14)15)5-7-3-1-2-4-9(7)10/h1-6H. The van der Waals surface area contributed by atoms with E-state index in [0.29, 0.717) is 9.86 Å². The lowest BCUT2D eigenvalue weighted by Crippen LogP contribution is -2.04. The first kappa shape index (κ1) is 10.5. The van der Waals surface area contributed by atoms with Crippen molar-refractivity contribution in [1.82, 2.24) is 0 Å². The van der Waals surface area contributed by atoms with Gasteiger partial charge < -0.3 is 0 Å². The van der Waals surface area contributed by atoms with Crippen LogP contribution in [0.2, 0.25) is 0 Å². The topological polar surface area (TPSA) is 0 Å². The summed E-state index contributed by atoms with van der Waals surface area (Å²) >= 11 is 3.14. The van der Waals surface area contributed by atoms with Crippen molar-refractivity contribution >= 4 is 26.7 Å². The minimum atomic E-state index is -4.30. The smallest absolute Gasteiger partial charge is 0.166 e. The molecule has 0 unspecified atom stereocenters. The van der Waals surface area contributed by atoms with E-state index in [4.69, 9.17) is 0 Å². The van der Waals surface area contributed by atoms with E-state index >= 15 is 0 Å². The largest absolute Gasteiger partial charge is 0.416 e. The van der Waals surface area contributed by atoms with Crippen molar-refractivity contribution in [2.24, 2.45) is 0 Å². The van der Waals surface area contributed by atoms with Crippen LogP contribution in [-0.2, 0) is 6.18 Å².